The lowest BCUT2D eigenvalue weighted by Gasteiger charge is -2.29. The second kappa shape index (κ2) is 5.02. The van der Waals surface area contributed by atoms with Crippen molar-refractivity contribution in [3.8, 4) is 0 Å². The zero-order valence-electron chi connectivity index (χ0n) is 10.7. The van der Waals surface area contributed by atoms with E-state index in [0.29, 0.717) is 12.1 Å². The first-order valence-corrected chi connectivity index (χ1v) is 5.62. The van der Waals surface area contributed by atoms with E-state index in [0.717, 1.165) is 5.69 Å². The standard InChI is InChI=1S/C13H20FNO2/c1-9(16)11-7-10(14)5-6-12(11)15(4)8-13(2,3)17/h5-7,9,16-17H,8H2,1-4H3. The molecule has 0 aliphatic carbocycles. The van der Waals surface area contributed by atoms with Gasteiger partial charge in [0.05, 0.1) is 11.7 Å². The normalized spacial score (nSPS) is 13.6. The quantitative estimate of drug-likeness (QED) is 0.848. The van der Waals surface area contributed by atoms with Crippen molar-refractivity contribution in [1.29, 1.82) is 0 Å². The van der Waals surface area contributed by atoms with Gasteiger partial charge in [-0.25, -0.2) is 4.39 Å². The van der Waals surface area contributed by atoms with Crippen molar-refractivity contribution in [3.05, 3.63) is 29.6 Å². The first-order valence-electron chi connectivity index (χ1n) is 5.62. The molecule has 1 aromatic carbocycles. The van der Waals surface area contributed by atoms with Gasteiger partial charge in [0.25, 0.3) is 0 Å². The number of nitrogens with zero attached hydrogens (tertiary/aromatic N) is 1. The van der Waals surface area contributed by atoms with Gasteiger partial charge >= 0.3 is 0 Å². The van der Waals surface area contributed by atoms with Crippen molar-refractivity contribution in [2.45, 2.75) is 32.5 Å². The summed E-state index contributed by atoms with van der Waals surface area (Å²) in [6, 6.07) is 4.28. The Labute approximate surface area is 101 Å². The molecule has 0 spiro atoms. The molecule has 0 aliphatic rings. The number of benzene rings is 1. The number of hydrogen-bond donors (Lipinski definition) is 2. The zero-order chi connectivity index (χ0) is 13.2. The van der Waals surface area contributed by atoms with Crippen molar-refractivity contribution in [2.24, 2.45) is 0 Å². The third-order valence-electron chi connectivity index (χ3n) is 2.48. The van der Waals surface area contributed by atoms with Crippen LogP contribution in [-0.4, -0.2) is 29.4 Å². The Morgan fingerprint density at radius 1 is 1.41 bits per heavy atom. The predicted octanol–water partition coefficient (Wildman–Crippen LogP) is 2.09. The fourth-order valence-electron chi connectivity index (χ4n) is 1.87. The topological polar surface area (TPSA) is 43.7 Å². The summed E-state index contributed by atoms with van der Waals surface area (Å²) in [7, 11) is 1.80. The van der Waals surface area contributed by atoms with Gasteiger partial charge in [-0.15, -0.1) is 0 Å². The molecular weight excluding hydrogens is 221 g/mol. The first-order chi connectivity index (χ1) is 7.70. The number of rotatable bonds is 4. The predicted molar refractivity (Wildman–Crippen MR) is 66.6 cm³/mol. The number of anilines is 1. The van der Waals surface area contributed by atoms with Crippen molar-refractivity contribution >= 4 is 5.69 Å². The third kappa shape index (κ3) is 3.98. The number of aliphatic hydroxyl groups excluding tert-OH is 1. The molecule has 4 heteroatoms. The lowest BCUT2D eigenvalue weighted by atomic mass is 10.0. The van der Waals surface area contributed by atoms with E-state index in [1.54, 1.807) is 33.9 Å². The van der Waals surface area contributed by atoms with E-state index in [4.69, 9.17) is 0 Å². The van der Waals surface area contributed by atoms with Gasteiger partial charge in [-0.1, -0.05) is 0 Å². The SMILES string of the molecule is CC(O)c1cc(F)ccc1N(C)CC(C)(C)O. The molecule has 2 N–H and O–H groups in total. The fourth-order valence-corrected chi connectivity index (χ4v) is 1.87. The second-order valence-corrected chi connectivity index (χ2v) is 5.05. The molecule has 0 aliphatic heterocycles. The third-order valence-corrected chi connectivity index (χ3v) is 2.48. The minimum Gasteiger partial charge on any atom is -0.389 e. The van der Waals surface area contributed by atoms with E-state index in [9.17, 15) is 14.6 Å². The van der Waals surface area contributed by atoms with Crippen LogP contribution in [0.4, 0.5) is 10.1 Å². The van der Waals surface area contributed by atoms with Gasteiger partial charge in [-0.2, -0.15) is 0 Å². The highest BCUT2D eigenvalue weighted by molar-refractivity contribution is 5.54. The van der Waals surface area contributed by atoms with E-state index < -0.39 is 11.7 Å². The van der Waals surface area contributed by atoms with Crippen LogP contribution in [0.2, 0.25) is 0 Å². The van der Waals surface area contributed by atoms with Crippen LogP contribution < -0.4 is 4.90 Å². The summed E-state index contributed by atoms with van der Waals surface area (Å²) in [5, 5.41) is 19.4. The fraction of sp³-hybridized carbons (Fsp3) is 0.538. The van der Waals surface area contributed by atoms with Gasteiger partial charge in [-0.05, 0) is 39.0 Å². The number of likely N-dealkylation sites (N-methyl/N-ethyl adjacent to an activating group) is 1. The van der Waals surface area contributed by atoms with Crippen LogP contribution in [0.25, 0.3) is 0 Å². The monoisotopic (exact) mass is 241 g/mol. The van der Waals surface area contributed by atoms with Crippen LogP contribution >= 0.6 is 0 Å². The Balaban J connectivity index is 3.04. The maximum atomic E-state index is 13.1. The van der Waals surface area contributed by atoms with Crippen LogP contribution in [0, 0.1) is 5.82 Å². The van der Waals surface area contributed by atoms with Crippen molar-refractivity contribution in [2.75, 3.05) is 18.5 Å². The van der Waals surface area contributed by atoms with Gasteiger partial charge in [0.1, 0.15) is 5.82 Å². The summed E-state index contributed by atoms with van der Waals surface area (Å²) in [6.07, 6.45) is -0.745. The number of halogens is 1. The van der Waals surface area contributed by atoms with Gasteiger partial charge < -0.3 is 15.1 Å². The number of hydrogen-bond acceptors (Lipinski definition) is 3. The molecule has 0 saturated heterocycles. The summed E-state index contributed by atoms with van der Waals surface area (Å²) >= 11 is 0. The van der Waals surface area contributed by atoms with Crippen LogP contribution in [0.1, 0.15) is 32.4 Å². The lowest BCUT2D eigenvalue weighted by molar-refractivity contribution is 0.0884. The second-order valence-electron chi connectivity index (χ2n) is 5.05. The molecule has 96 valence electrons. The molecule has 0 radical (unpaired) electrons. The maximum absolute atomic E-state index is 13.1. The van der Waals surface area contributed by atoms with Gasteiger partial charge in [-0.3, -0.25) is 0 Å². The summed E-state index contributed by atoms with van der Waals surface area (Å²) < 4.78 is 13.1. The largest absolute Gasteiger partial charge is 0.389 e. The summed E-state index contributed by atoms with van der Waals surface area (Å²) in [6.45, 7) is 5.40. The summed E-state index contributed by atoms with van der Waals surface area (Å²) in [5.41, 5.74) is 0.402. The van der Waals surface area contributed by atoms with Crippen LogP contribution in [0.5, 0.6) is 0 Å². The molecule has 0 heterocycles. The molecule has 0 aromatic heterocycles. The molecule has 1 rings (SSSR count). The highest BCUT2D eigenvalue weighted by Gasteiger charge is 2.19. The van der Waals surface area contributed by atoms with Crippen molar-refractivity contribution in [3.63, 3.8) is 0 Å². The molecule has 1 unspecified atom stereocenters. The van der Waals surface area contributed by atoms with E-state index in [1.807, 2.05) is 4.90 Å². The lowest BCUT2D eigenvalue weighted by Crippen LogP contribution is -2.36. The summed E-state index contributed by atoms with van der Waals surface area (Å²) in [5.74, 6) is -0.374. The Morgan fingerprint density at radius 3 is 2.47 bits per heavy atom. The Hall–Kier alpha value is -1.13. The van der Waals surface area contributed by atoms with E-state index in [2.05, 4.69) is 0 Å². The van der Waals surface area contributed by atoms with Crippen LogP contribution in [0.3, 0.4) is 0 Å². The van der Waals surface area contributed by atoms with Crippen LogP contribution in [-0.2, 0) is 0 Å². The minimum atomic E-state index is -0.848. The van der Waals surface area contributed by atoms with Crippen molar-refractivity contribution in [1.82, 2.24) is 0 Å². The minimum absolute atomic E-state index is 0.374. The van der Waals surface area contributed by atoms with Gasteiger partial charge in [0, 0.05) is 24.8 Å². The number of aliphatic hydroxyl groups is 2. The highest BCUT2D eigenvalue weighted by Crippen LogP contribution is 2.27. The first kappa shape index (κ1) is 13.9. The summed E-state index contributed by atoms with van der Waals surface area (Å²) in [4.78, 5) is 1.81. The molecule has 1 atom stereocenters. The van der Waals surface area contributed by atoms with Crippen molar-refractivity contribution < 1.29 is 14.6 Å². The molecule has 0 fully saturated rings. The average molecular weight is 241 g/mol. The Morgan fingerprint density at radius 2 is 2.00 bits per heavy atom. The van der Waals surface area contributed by atoms with E-state index >= 15 is 0 Å². The Kier molecular flexibility index (Phi) is 4.11. The molecule has 17 heavy (non-hydrogen) atoms. The smallest absolute Gasteiger partial charge is 0.123 e. The van der Waals surface area contributed by atoms with E-state index in [-0.39, 0.29) is 5.82 Å². The molecule has 0 saturated carbocycles. The van der Waals surface area contributed by atoms with Gasteiger partial charge in [0.2, 0.25) is 0 Å². The van der Waals surface area contributed by atoms with E-state index in [1.165, 1.54) is 12.1 Å². The molecular formula is C13H20FNO2. The molecule has 0 bridgehead atoms. The molecule has 1 aromatic rings. The van der Waals surface area contributed by atoms with Crippen LogP contribution in [0.15, 0.2) is 18.2 Å². The highest BCUT2D eigenvalue weighted by atomic mass is 19.1. The zero-order valence-corrected chi connectivity index (χ0v) is 10.7. The molecule has 3 nitrogen and oxygen atoms in total. The average Bonchev–Trinajstić information content (AvgIpc) is 2.14. The molecule has 0 amide bonds. The Bertz CT molecular complexity index is 385. The van der Waals surface area contributed by atoms with Gasteiger partial charge in [0.15, 0.2) is 0 Å². The maximum Gasteiger partial charge on any atom is 0.123 e.